The molecule has 0 spiro atoms. The third kappa shape index (κ3) is 89500. The maximum absolute atomic E-state index is 6.25. The standard InChI is InChI=1S/8CN.2BrH.2ClH.2Fe.3Zn/c8*1-2;;;;;;;;;/h;;;;;;;;4*1H;;;;;/q8*-1;;;;;2*+3;3*+2/p-4. The van der Waals surface area contributed by atoms with Crippen LogP contribution in [0.5, 0.6) is 0 Å². The minimum Gasteiger partial charge on any atom is 2.00 e. The van der Waals surface area contributed by atoms with Crippen LogP contribution in [0.1, 0.15) is 0 Å². The maximum Gasteiger partial charge on any atom is 2.00 e. The molecule has 0 heterocycles. The van der Waals surface area contributed by atoms with Gasteiger partial charge >= 0.3 is 131 Å². The molecular formula is C8Br2Cl2Fe2N8Zn3. The van der Waals surface area contributed by atoms with Crippen molar-refractivity contribution in [2.45, 2.75) is 0 Å². The number of rotatable bonds is 0. The molecule has 0 bridgehead atoms. The summed E-state index contributed by atoms with van der Waals surface area (Å²) in [5.41, 5.74) is 0. The first-order valence-electron chi connectivity index (χ1n) is 2.32. The predicted molar refractivity (Wildman–Crippen MR) is 69.3 cm³/mol. The Morgan fingerprint density at radius 1 is 0.400 bits per heavy atom. The van der Waals surface area contributed by atoms with E-state index in [-0.39, 0.29) is 58.4 Å². The molecule has 0 N–H and O–H groups in total. The Hall–Kier alpha value is 0.369. The van der Waals surface area contributed by atoms with Gasteiger partial charge in [-0.3, -0.25) is 0 Å². The molecule has 0 fully saturated rings. The van der Waals surface area contributed by atoms with Crippen LogP contribution in [0.4, 0.5) is 0 Å². The zero-order valence-corrected chi connectivity index (χ0v) is 27.7. The molecule has 0 aliphatic heterocycles. The second-order valence-corrected chi connectivity index (χ2v) is 6.49. The second kappa shape index (κ2) is 2370. The molecule has 0 aromatic carbocycles. The molecule has 122 valence electrons. The van der Waals surface area contributed by atoms with Crippen LogP contribution in [-0.4, -0.2) is 0 Å². The first-order valence-corrected chi connectivity index (χ1v) is 10.8. The van der Waals surface area contributed by atoms with Crippen LogP contribution < -0.4 is 0 Å². The van der Waals surface area contributed by atoms with Crippen molar-refractivity contribution in [2.24, 2.45) is 0 Å². The van der Waals surface area contributed by atoms with Gasteiger partial charge in [0.1, 0.15) is 0 Å². The van der Waals surface area contributed by atoms with Gasteiger partial charge in [-0.25, -0.2) is 0 Å². The van der Waals surface area contributed by atoms with Gasteiger partial charge in [0.15, 0.2) is 0 Å². The van der Waals surface area contributed by atoms with E-state index in [4.69, 9.17) is 115 Å². The smallest absolute Gasteiger partial charge is 2.00 e. The zero-order chi connectivity index (χ0) is 21.4. The summed E-state index contributed by atoms with van der Waals surface area (Å²) in [5.74, 6) is 0. The van der Waals surface area contributed by atoms with Crippen molar-refractivity contribution in [3.8, 4) is 0 Å². The van der Waals surface area contributed by atoms with E-state index in [1.807, 2.05) is 0 Å². The topological polar surface area (TPSA) is 190 Å². The molecule has 17 heteroatoms. The molecule has 0 rings (SSSR count). The summed E-state index contributed by atoms with van der Waals surface area (Å²) in [6.45, 7) is 38.0. The molecule has 0 aromatic heterocycles. The van der Waals surface area contributed by atoms with Gasteiger partial charge in [0.25, 0.3) is 0 Å². The van der Waals surface area contributed by atoms with Gasteiger partial charge in [0.2, 0.25) is 0 Å². The monoisotopic (exact) mass is 739 g/mol. The third-order valence-corrected chi connectivity index (χ3v) is 0. The van der Waals surface area contributed by atoms with Gasteiger partial charge in [0, 0.05) is 0 Å². The Labute approximate surface area is 223 Å². The van der Waals surface area contributed by atoms with Crippen molar-refractivity contribution in [1.29, 1.82) is 42.1 Å². The van der Waals surface area contributed by atoms with Gasteiger partial charge in [-0.15, -0.1) is 0 Å². The van der Waals surface area contributed by atoms with E-state index in [0.29, 0.717) is 24.5 Å². The summed E-state index contributed by atoms with van der Waals surface area (Å²) in [6.07, 6.45) is 0. The van der Waals surface area contributed by atoms with Crippen LogP contribution in [0.25, 0.3) is 0 Å². The number of hydrogen-bond acceptors (Lipinski definition) is 8. The Balaban J connectivity index is -0.00000000578. The minimum atomic E-state index is 0. The predicted octanol–water partition coefficient (Wildman–Crippen LogP) is 3.83. The van der Waals surface area contributed by atoms with Crippen molar-refractivity contribution < 1.29 is 82.9 Å². The van der Waals surface area contributed by atoms with Gasteiger partial charge in [-0.05, 0) is 0 Å². The zero-order valence-electron chi connectivity index (χ0n) is 11.9. The van der Waals surface area contributed by atoms with Gasteiger partial charge in [0.05, 0.1) is 0 Å². The molecule has 25 heavy (non-hydrogen) atoms. The van der Waals surface area contributed by atoms with E-state index in [2.05, 4.69) is 28.2 Å². The summed E-state index contributed by atoms with van der Waals surface area (Å²) in [4.78, 5) is 0. The fourth-order valence-electron chi connectivity index (χ4n) is 0. The van der Waals surface area contributed by atoms with E-state index in [0.717, 1.165) is 0 Å². The first-order chi connectivity index (χ1) is 10.8. The van der Waals surface area contributed by atoms with Crippen molar-refractivity contribution in [2.75, 3.05) is 0 Å². The molecule has 0 saturated carbocycles. The molecule has 8 nitrogen and oxygen atoms in total. The second-order valence-electron chi connectivity index (χ2n) is 0.101. The van der Waals surface area contributed by atoms with E-state index in [1.54, 1.807) is 0 Å². The average molecular weight is 747 g/mol. The fourth-order valence-corrected chi connectivity index (χ4v) is 0. The van der Waals surface area contributed by atoms with E-state index < -0.39 is 0 Å². The van der Waals surface area contributed by atoms with Crippen LogP contribution in [-0.2, 0) is 82.9 Å². The van der Waals surface area contributed by atoms with Crippen molar-refractivity contribution in [3.05, 3.63) is 52.6 Å². The van der Waals surface area contributed by atoms with Gasteiger partial charge < -0.3 is 94.7 Å². The number of nitrogens with zero attached hydrogens (tertiary/aromatic N) is 8. The molecule has 0 aliphatic carbocycles. The van der Waals surface area contributed by atoms with Crippen molar-refractivity contribution in [1.82, 2.24) is 0 Å². The average Bonchev–Trinajstić information content (AvgIpc) is 2.69. The van der Waals surface area contributed by atoms with Crippen LogP contribution in [0, 0.1) is 94.7 Å². The molecule has 0 atom stereocenters. The normalized spacial score (nSPS) is 2.08. The Bertz CT molecular complexity index is 190. The molecule has 0 unspecified atom stereocenters. The summed E-state index contributed by atoms with van der Waals surface area (Å²) in [5, 5.41) is 50.0. The number of halogens is 4. The summed E-state index contributed by atoms with van der Waals surface area (Å²) in [7, 11) is 9.83. The van der Waals surface area contributed by atoms with Crippen LogP contribution >= 0.6 is 48.4 Å². The molecule has 0 aromatic rings. The Morgan fingerprint density at radius 2 is 0.400 bits per heavy atom. The summed E-state index contributed by atoms with van der Waals surface area (Å²) < 4.78 is 0. The Kier molecular flexibility index (Phi) is 9340. The van der Waals surface area contributed by atoms with Crippen molar-refractivity contribution in [3.63, 3.8) is 0 Å². The molecule has 0 amide bonds. The Morgan fingerprint density at radius 3 is 0.400 bits per heavy atom. The van der Waals surface area contributed by atoms with Crippen LogP contribution in [0.2, 0.25) is 0 Å². The quantitative estimate of drug-likeness (QED) is 0.264. The molecular weight excluding hydrogens is 747 g/mol. The SMILES string of the molecule is [C-]#N.[C-]#N.[C-]#N.[C-]#N.[C-]#N.[C-]#N.[C-]#N.[C-]#N.[Cl][Fe+][Br].[Cl][Fe+][Br].[Zn+2].[Zn+2].[Zn+2]. The summed E-state index contributed by atoms with van der Waals surface area (Å²) >= 11 is 6.89. The largest absolute Gasteiger partial charge is 2.00 e. The van der Waals surface area contributed by atoms with Gasteiger partial charge in [-0.1, -0.05) is 0 Å². The summed E-state index contributed by atoms with van der Waals surface area (Å²) in [6, 6.07) is 0. The van der Waals surface area contributed by atoms with Crippen LogP contribution in [0.3, 0.4) is 0 Å². The van der Waals surface area contributed by atoms with E-state index >= 15 is 0 Å². The molecule has 0 aliphatic rings. The molecule has 0 saturated heterocycles. The minimum absolute atomic E-state index is 0. The molecule has 0 radical (unpaired) electrons. The van der Waals surface area contributed by atoms with Crippen LogP contribution in [0.15, 0.2) is 0 Å². The van der Waals surface area contributed by atoms with E-state index in [9.17, 15) is 0 Å². The first kappa shape index (κ1) is 98.5. The van der Waals surface area contributed by atoms with Gasteiger partial charge in [-0.2, -0.15) is 0 Å². The van der Waals surface area contributed by atoms with Crippen molar-refractivity contribution >= 4 is 48.4 Å². The maximum atomic E-state index is 6.25. The number of hydrogen-bond donors (Lipinski definition) is 0. The third-order valence-electron chi connectivity index (χ3n) is 0. The van der Waals surface area contributed by atoms with E-state index in [1.165, 1.54) is 0 Å². The fraction of sp³-hybridized carbons (Fsp3) is 0.